The number of esters is 1. The Morgan fingerprint density at radius 2 is 1.92 bits per heavy atom. The molecule has 0 aliphatic carbocycles. The van der Waals surface area contributed by atoms with Crippen molar-refractivity contribution in [2.45, 2.75) is 18.3 Å². The van der Waals surface area contributed by atoms with Gasteiger partial charge in [0.25, 0.3) is 0 Å². The number of aromatic nitrogens is 1. The number of pyridine rings is 1. The lowest BCUT2D eigenvalue weighted by atomic mass is 10.1. The zero-order valence-corrected chi connectivity index (χ0v) is 13.1. The Morgan fingerprint density at radius 1 is 1.21 bits per heavy atom. The molecule has 0 fully saturated rings. The molecule has 0 saturated carbocycles. The molecule has 24 heavy (non-hydrogen) atoms. The molecule has 0 aliphatic rings. The molecular weight excluding hydrogens is 351 g/mol. The van der Waals surface area contributed by atoms with Gasteiger partial charge < -0.3 is 8.92 Å². The van der Waals surface area contributed by atoms with Crippen LogP contribution in [0.2, 0.25) is 0 Å². The van der Waals surface area contributed by atoms with E-state index in [1.165, 1.54) is 13.2 Å². The third kappa shape index (κ3) is 3.94. The maximum Gasteiger partial charge on any atom is 0.534 e. The molecule has 2 aromatic rings. The van der Waals surface area contributed by atoms with E-state index in [1.807, 2.05) is 0 Å². The van der Waals surface area contributed by atoms with E-state index in [-0.39, 0.29) is 18.4 Å². The monoisotopic (exact) mass is 363 g/mol. The van der Waals surface area contributed by atoms with Crippen LogP contribution >= 0.6 is 0 Å². The molecular formula is C14H12F3NO5S. The highest BCUT2D eigenvalue weighted by Crippen LogP contribution is 2.31. The fourth-order valence-electron chi connectivity index (χ4n) is 1.86. The molecule has 0 amide bonds. The van der Waals surface area contributed by atoms with Crippen molar-refractivity contribution in [1.82, 2.24) is 4.98 Å². The molecule has 130 valence electrons. The minimum absolute atomic E-state index is 0.0267. The van der Waals surface area contributed by atoms with Gasteiger partial charge in [-0.1, -0.05) is 18.2 Å². The van der Waals surface area contributed by atoms with Crippen LogP contribution < -0.4 is 4.18 Å². The number of fused-ring (bicyclic) bond motifs is 1. The average molecular weight is 363 g/mol. The highest BCUT2D eigenvalue weighted by molar-refractivity contribution is 7.88. The van der Waals surface area contributed by atoms with E-state index < -0.39 is 27.3 Å². The van der Waals surface area contributed by atoms with Crippen LogP contribution in [0.15, 0.2) is 30.3 Å². The minimum Gasteiger partial charge on any atom is -0.469 e. The number of hydrogen-bond acceptors (Lipinski definition) is 6. The lowest BCUT2D eigenvalue weighted by molar-refractivity contribution is -0.140. The van der Waals surface area contributed by atoms with Gasteiger partial charge in [-0.05, 0) is 12.1 Å². The Balaban J connectivity index is 2.39. The van der Waals surface area contributed by atoms with Gasteiger partial charge in [-0.15, -0.1) is 0 Å². The van der Waals surface area contributed by atoms with Crippen LogP contribution in [0.5, 0.6) is 5.75 Å². The second-order valence-electron chi connectivity index (χ2n) is 4.69. The second kappa shape index (κ2) is 6.63. The maximum atomic E-state index is 12.5. The van der Waals surface area contributed by atoms with Crippen LogP contribution in [-0.4, -0.2) is 32.0 Å². The van der Waals surface area contributed by atoms with E-state index in [1.54, 1.807) is 18.2 Å². The number of rotatable bonds is 5. The van der Waals surface area contributed by atoms with Gasteiger partial charge in [0.1, 0.15) is 5.52 Å². The lowest BCUT2D eigenvalue weighted by Gasteiger charge is -2.11. The molecule has 0 saturated heterocycles. The number of aryl methyl sites for hydroxylation is 1. The number of para-hydroxylation sites is 1. The predicted octanol–water partition coefficient (Wildman–Crippen LogP) is 2.57. The van der Waals surface area contributed by atoms with Crippen molar-refractivity contribution >= 4 is 27.0 Å². The van der Waals surface area contributed by atoms with Crippen LogP contribution in [0, 0.1) is 0 Å². The van der Waals surface area contributed by atoms with Gasteiger partial charge in [0, 0.05) is 17.5 Å². The van der Waals surface area contributed by atoms with Crippen molar-refractivity contribution in [2.24, 2.45) is 0 Å². The summed E-state index contributed by atoms with van der Waals surface area (Å²) in [6.45, 7) is 0. The Hall–Kier alpha value is -2.36. The predicted molar refractivity (Wildman–Crippen MR) is 77.7 cm³/mol. The van der Waals surface area contributed by atoms with Gasteiger partial charge in [0.2, 0.25) is 0 Å². The zero-order chi connectivity index (χ0) is 18.0. The van der Waals surface area contributed by atoms with Crippen molar-refractivity contribution in [2.75, 3.05) is 7.11 Å². The lowest BCUT2D eigenvalue weighted by Crippen LogP contribution is -2.28. The van der Waals surface area contributed by atoms with Crippen LogP contribution in [0.3, 0.4) is 0 Å². The molecule has 0 aliphatic heterocycles. The number of nitrogens with zero attached hydrogens (tertiary/aromatic N) is 1. The maximum absolute atomic E-state index is 12.5. The summed E-state index contributed by atoms with van der Waals surface area (Å²) < 4.78 is 68.4. The Labute approximate surface area is 135 Å². The number of carbonyl (C=O) groups is 1. The minimum atomic E-state index is -5.80. The molecule has 0 bridgehead atoms. The molecule has 10 heteroatoms. The van der Waals surface area contributed by atoms with Gasteiger partial charge in [0.05, 0.1) is 13.5 Å². The van der Waals surface area contributed by atoms with Gasteiger partial charge in [-0.2, -0.15) is 21.6 Å². The van der Waals surface area contributed by atoms with Crippen LogP contribution in [-0.2, 0) is 26.1 Å². The summed E-state index contributed by atoms with van der Waals surface area (Å²) >= 11 is 0. The molecule has 0 spiro atoms. The molecule has 1 heterocycles. The standard InChI is InChI=1S/C14H12F3NO5S/c1-22-12(19)8-7-10-6-5-9-3-2-4-11(13(9)18-10)23-24(20,21)14(15,16)17/h2-6H,7-8H2,1H3. The highest BCUT2D eigenvalue weighted by Gasteiger charge is 2.48. The first-order valence-electron chi connectivity index (χ1n) is 6.60. The number of hydrogen-bond donors (Lipinski definition) is 0. The third-order valence-electron chi connectivity index (χ3n) is 3.04. The number of benzene rings is 1. The first kappa shape index (κ1) is 18.0. The van der Waals surface area contributed by atoms with E-state index in [2.05, 4.69) is 13.9 Å². The first-order chi connectivity index (χ1) is 11.1. The molecule has 2 rings (SSSR count). The van der Waals surface area contributed by atoms with Gasteiger partial charge in [-0.25, -0.2) is 4.98 Å². The first-order valence-corrected chi connectivity index (χ1v) is 8.01. The fraction of sp³-hybridized carbons (Fsp3) is 0.286. The number of methoxy groups -OCH3 is 1. The van der Waals surface area contributed by atoms with Crippen molar-refractivity contribution in [3.63, 3.8) is 0 Å². The van der Waals surface area contributed by atoms with E-state index in [9.17, 15) is 26.4 Å². The second-order valence-corrected chi connectivity index (χ2v) is 6.23. The van der Waals surface area contributed by atoms with E-state index in [4.69, 9.17) is 0 Å². The molecule has 0 N–H and O–H groups in total. The molecule has 0 radical (unpaired) electrons. The summed E-state index contributed by atoms with van der Waals surface area (Å²) in [4.78, 5) is 15.2. The summed E-state index contributed by atoms with van der Waals surface area (Å²) in [5.74, 6) is -1.01. The number of alkyl halides is 3. The topological polar surface area (TPSA) is 82.6 Å². The largest absolute Gasteiger partial charge is 0.534 e. The summed E-state index contributed by atoms with van der Waals surface area (Å²) in [6.07, 6.45) is 0.210. The van der Waals surface area contributed by atoms with E-state index in [0.717, 1.165) is 6.07 Å². The fourth-order valence-corrected chi connectivity index (χ4v) is 2.33. The quantitative estimate of drug-likeness (QED) is 0.461. The smallest absolute Gasteiger partial charge is 0.469 e. The zero-order valence-electron chi connectivity index (χ0n) is 12.3. The van der Waals surface area contributed by atoms with Crippen LogP contribution in [0.25, 0.3) is 10.9 Å². The Bertz CT molecular complexity index is 864. The van der Waals surface area contributed by atoms with Crippen LogP contribution in [0.4, 0.5) is 13.2 Å². The summed E-state index contributed by atoms with van der Waals surface area (Å²) in [5, 5.41) is 0.395. The molecule has 0 atom stereocenters. The summed E-state index contributed by atoms with van der Waals surface area (Å²) in [5.41, 5.74) is -5.21. The SMILES string of the molecule is COC(=O)CCc1ccc2cccc(OS(=O)(=O)C(F)(F)F)c2n1. The van der Waals surface area contributed by atoms with Gasteiger partial charge in [0.15, 0.2) is 5.75 Å². The normalized spacial score (nSPS) is 12.2. The van der Waals surface area contributed by atoms with Crippen molar-refractivity contribution in [3.8, 4) is 5.75 Å². The Kier molecular flexibility index (Phi) is 4.97. The van der Waals surface area contributed by atoms with Gasteiger partial charge >= 0.3 is 21.6 Å². The molecule has 1 aromatic heterocycles. The van der Waals surface area contributed by atoms with Crippen LogP contribution in [0.1, 0.15) is 12.1 Å². The number of carbonyl (C=O) groups excluding carboxylic acids is 1. The van der Waals surface area contributed by atoms with Crippen molar-refractivity contribution in [3.05, 3.63) is 36.0 Å². The van der Waals surface area contributed by atoms with Gasteiger partial charge in [-0.3, -0.25) is 4.79 Å². The summed E-state index contributed by atoms with van der Waals surface area (Å²) in [7, 11) is -4.57. The van der Waals surface area contributed by atoms with E-state index in [0.29, 0.717) is 11.1 Å². The third-order valence-corrected chi connectivity index (χ3v) is 4.00. The Morgan fingerprint density at radius 3 is 2.54 bits per heavy atom. The van der Waals surface area contributed by atoms with E-state index >= 15 is 0 Å². The number of halogens is 3. The molecule has 6 nitrogen and oxygen atoms in total. The highest BCUT2D eigenvalue weighted by atomic mass is 32.2. The van der Waals surface area contributed by atoms with Crippen molar-refractivity contribution < 1.29 is 35.3 Å². The average Bonchev–Trinajstić information content (AvgIpc) is 2.51. The molecule has 1 aromatic carbocycles. The van der Waals surface area contributed by atoms with Crippen molar-refractivity contribution in [1.29, 1.82) is 0 Å². The molecule has 0 unspecified atom stereocenters. The number of ether oxygens (including phenoxy) is 1. The summed E-state index contributed by atoms with van der Waals surface area (Å²) in [6, 6.07) is 7.08.